The fraction of sp³-hybridized carbons (Fsp3) is 0.294. The summed E-state index contributed by atoms with van der Waals surface area (Å²) in [6.07, 6.45) is 0. The predicted octanol–water partition coefficient (Wildman–Crippen LogP) is 2.70. The smallest absolute Gasteiger partial charge is 0.191 e. The molecule has 0 unspecified atom stereocenters. The molecule has 0 aliphatic carbocycles. The van der Waals surface area contributed by atoms with Gasteiger partial charge >= 0.3 is 0 Å². The second kappa shape index (κ2) is 6.62. The molecule has 2 N–H and O–H groups in total. The SMILES string of the molecule is NC(=NCc1ccc(-c2nc3ccccc3s2)o1)N1CCOCC1. The number of rotatable bonds is 3. The van der Waals surface area contributed by atoms with Crippen molar-refractivity contribution >= 4 is 27.5 Å². The van der Waals surface area contributed by atoms with E-state index in [1.807, 2.05) is 35.2 Å². The Kier molecular flexibility index (Phi) is 4.18. The first kappa shape index (κ1) is 15.2. The second-order valence-electron chi connectivity index (χ2n) is 5.53. The van der Waals surface area contributed by atoms with Crippen LogP contribution in [0.5, 0.6) is 0 Å². The van der Waals surface area contributed by atoms with Crippen molar-refractivity contribution in [1.82, 2.24) is 9.88 Å². The Morgan fingerprint density at radius 1 is 1.21 bits per heavy atom. The predicted molar refractivity (Wildman–Crippen MR) is 95.0 cm³/mol. The van der Waals surface area contributed by atoms with Crippen LogP contribution in [0.3, 0.4) is 0 Å². The zero-order valence-corrected chi connectivity index (χ0v) is 14.0. The third kappa shape index (κ3) is 3.13. The average Bonchev–Trinajstić information content (AvgIpc) is 3.27. The molecule has 1 fully saturated rings. The van der Waals surface area contributed by atoms with Crippen molar-refractivity contribution < 1.29 is 9.15 Å². The summed E-state index contributed by atoms with van der Waals surface area (Å²) in [4.78, 5) is 11.1. The maximum absolute atomic E-state index is 6.03. The Bertz CT molecular complexity index is 831. The molecule has 1 saturated heterocycles. The summed E-state index contributed by atoms with van der Waals surface area (Å²) < 4.78 is 12.3. The largest absolute Gasteiger partial charge is 0.457 e. The van der Waals surface area contributed by atoms with E-state index in [2.05, 4.69) is 16.0 Å². The van der Waals surface area contributed by atoms with Gasteiger partial charge in [-0.2, -0.15) is 0 Å². The number of hydrogen-bond acceptors (Lipinski definition) is 5. The van der Waals surface area contributed by atoms with Crippen LogP contribution in [0.4, 0.5) is 0 Å². The van der Waals surface area contributed by atoms with E-state index >= 15 is 0 Å². The van der Waals surface area contributed by atoms with Gasteiger partial charge in [0.1, 0.15) is 12.3 Å². The van der Waals surface area contributed by atoms with Gasteiger partial charge in [0.25, 0.3) is 0 Å². The van der Waals surface area contributed by atoms with Crippen molar-refractivity contribution in [3.05, 3.63) is 42.2 Å². The van der Waals surface area contributed by atoms with E-state index in [-0.39, 0.29) is 0 Å². The van der Waals surface area contributed by atoms with E-state index in [0.717, 1.165) is 39.8 Å². The van der Waals surface area contributed by atoms with Crippen LogP contribution in [-0.2, 0) is 11.3 Å². The highest BCUT2D eigenvalue weighted by atomic mass is 32.1. The minimum Gasteiger partial charge on any atom is -0.457 e. The van der Waals surface area contributed by atoms with Crippen LogP contribution in [0.15, 0.2) is 45.8 Å². The lowest BCUT2D eigenvalue weighted by molar-refractivity contribution is 0.0674. The first-order valence-corrected chi connectivity index (χ1v) is 8.68. The molecule has 6 nitrogen and oxygen atoms in total. The highest BCUT2D eigenvalue weighted by Crippen LogP contribution is 2.31. The Balaban J connectivity index is 1.48. The van der Waals surface area contributed by atoms with E-state index in [1.54, 1.807) is 11.3 Å². The fourth-order valence-electron chi connectivity index (χ4n) is 2.61. The summed E-state index contributed by atoms with van der Waals surface area (Å²) in [5, 5.41) is 0.882. The summed E-state index contributed by atoms with van der Waals surface area (Å²) in [7, 11) is 0. The number of nitrogens with zero attached hydrogens (tertiary/aromatic N) is 3. The highest BCUT2D eigenvalue weighted by molar-refractivity contribution is 7.21. The minimum atomic E-state index is 0.425. The zero-order valence-electron chi connectivity index (χ0n) is 13.1. The van der Waals surface area contributed by atoms with Gasteiger partial charge in [-0.25, -0.2) is 9.98 Å². The van der Waals surface area contributed by atoms with Crippen molar-refractivity contribution in [3.8, 4) is 10.8 Å². The molecule has 1 aromatic carbocycles. The van der Waals surface area contributed by atoms with Crippen LogP contribution in [0.2, 0.25) is 0 Å². The zero-order chi connectivity index (χ0) is 16.4. The molecule has 0 atom stereocenters. The number of nitrogens with two attached hydrogens (primary N) is 1. The van der Waals surface area contributed by atoms with Crippen LogP contribution in [-0.4, -0.2) is 42.1 Å². The second-order valence-corrected chi connectivity index (χ2v) is 6.56. The summed E-state index contributed by atoms with van der Waals surface area (Å²) in [6, 6.07) is 11.9. The van der Waals surface area contributed by atoms with Gasteiger partial charge in [0.05, 0.1) is 23.4 Å². The van der Waals surface area contributed by atoms with Crippen LogP contribution in [0, 0.1) is 0 Å². The van der Waals surface area contributed by atoms with Gasteiger partial charge in [0.15, 0.2) is 16.7 Å². The van der Waals surface area contributed by atoms with Gasteiger partial charge < -0.3 is 19.8 Å². The molecule has 4 rings (SSSR count). The summed E-state index contributed by atoms with van der Waals surface area (Å²) in [5.74, 6) is 2.09. The number of aliphatic imine (C=N–C) groups is 1. The molecule has 2 aromatic heterocycles. The van der Waals surface area contributed by atoms with Gasteiger partial charge in [-0.15, -0.1) is 11.3 Å². The number of ether oxygens (including phenoxy) is 1. The van der Waals surface area contributed by atoms with Crippen LogP contribution < -0.4 is 5.73 Å². The van der Waals surface area contributed by atoms with Crippen molar-refractivity contribution in [2.75, 3.05) is 26.3 Å². The van der Waals surface area contributed by atoms with E-state index in [9.17, 15) is 0 Å². The molecule has 7 heteroatoms. The maximum Gasteiger partial charge on any atom is 0.191 e. The number of morpholine rings is 1. The lowest BCUT2D eigenvalue weighted by Crippen LogP contribution is -2.44. The molecule has 0 radical (unpaired) electrons. The normalized spacial score (nSPS) is 16.0. The Labute approximate surface area is 143 Å². The molecule has 0 spiro atoms. The van der Waals surface area contributed by atoms with Crippen LogP contribution in [0.25, 0.3) is 21.0 Å². The van der Waals surface area contributed by atoms with Gasteiger partial charge in [0, 0.05) is 13.1 Å². The summed E-state index contributed by atoms with van der Waals surface area (Å²) in [6.45, 7) is 3.38. The Morgan fingerprint density at radius 2 is 2.04 bits per heavy atom. The van der Waals surface area contributed by atoms with E-state index < -0.39 is 0 Å². The van der Waals surface area contributed by atoms with E-state index in [0.29, 0.717) is 25.7 Å². The number of furan rings is 1. The average molecular weight is 342 g/mol. The number of benzene rings is 1. The van der Waals surface area contributed by atoms with E-state index in [4.69, 9.17) is 14.9 Å². The van der Waals surface area contributed by atoms with Crippen LogP contribution >= 0.6 is 11.3 Å². The molecule has 24 heavy (non-hydrogen) atoms. The van der Waals surface area contributed by atoms with Gasteiger partial charge in [-0.3, -0.25) is 0 Å². The first-order valence-electron chi connectivity index (χ1n) is 7.87. The third-order valence-corrected chi connectivity index (χ3v) is 4.95. The number of guanidine groups is 1. The number of thiazole rings is 1. The number of hydrogen-bond donors (Lipinski definition) is 1. The lowest BCUT2D eigenvalue weighted by Gasteiger charge is -2.27. The van der Waals surface area contributed by atoms with Crippen LogP contribution in [0.1, 0.15) is 5.76 Å². The number of para-hydroxylation sites is 1. The molecular weight excluding hydrogens is 324 g/mol. The van der Waals surface area contributed by atoms with Crippen molar-refractivity contribution in [2.24, 2.45) is 10.7 Å². The first-order chi connectivity index (χ1) is 11.8. The molecule has 124 valence electrons. The topological polar surface area (TPSA) is 76.9 Å². The third-order valence-electron chi connectivity index (χ3n) is 3.90. The molecular formula is C17H18N4O2S. The molecule has 1 aliphatic rings. The molecule has 3 heterocycles. The monoisotopic (exact) mass is 342 g/mol. The van der Waals surface area contributed by atoms with Crippen molar-refractivity contribution in [3.63, 3.8) is 0 Å². The molecule has 0 bridgehead atoms. The number of fused-ring (bicyclic) bond motifs is 1. The fourth-order valence-corrected chi connectivity index (χ4v) is 3.53. The minimum absolute atomic E-state index is 0.425. The van der Waals surface area contributed by atoms with Crippen molar-refractivity contribution in [2.45, 2.75) is 6.54 Å². The molecule has 0 amide bonds. The van der Waals surface area contributed by atoms with Gasteiger partial charge in [0.2, 0.25) is 0 Å². The highest BCUT2D eigenvalue weighted by Gasteiger charge is 2.13. The Morgan fingerprint density at radius 3 is 2.88 bits per heavy atom. The number of aromatic nitrogens is 1. The lowest BCUT2D eigenvalue weighted by atomic mass is 10.3. The van der Waals surface area contributed by atoms with E-state index in [1.165, 1.54) is 0 Å². The molecule has 1 aliphatic heterocycles. The molecule has 0 saturated carbocycles. The quantitative estimate of drug-likeness (QED) is 0.585. The Hall–Kier alpha value is -2.38. The van der Waals surface area contributed by atoms with Gasteiger partial charge in [-0.05, 0) is 24.3 Å². The van der Waals surface area contributed by atoms with Crippen molar-refractivity contribution in [1.29, 1.82) is 0 Å². The van der Waals surface area contributed by atoms with Gasteiger partial charge in [-0.1, -0.05) is 12.1 Å². The standard InChI is InChI=1S/C17H18N4O2S/c18-17(21-7-9-22-10-8-21)19-11-12-5-6-14(23-12)16-20-13-3-1-2-4-15(13)24-16/h1-6H,7-11H2,(H2,18,19). The maximum atomic E-state index is 6.03. The molecule has 3 aromatic rings. The summed E-state index contributed by atoms with van der Waals surface area (Å²) in [5.41, 5.74) is 7.02. The summed E-state index contributed by atoms with van der Waals surface area (Å²) >= 11 is 1.62.